The molecule has 2 aliphatic rings. The van der Waals surface area contributed by atoms with Gasteiger partial charge in [0, 0.05) is 42.8 Å². The number of amides is 1. The fraction of sp³-hybridized carbons (Fsp3) is 0.609. The quantitative estimate of drug-likeness (QED) is 0.785. The number of nitrogens with zero attached hydrogens (tertiary/aromatic N) is 3. The van der Waals surface area contributed by atoms with Crippen LogP contribution in [0.3, 0.4) is 0 Å². The van der Waals surface area contributed by atoms with Crippen LogP contribution in [0.5, 0.6) is 5.75 Å². The number of nitrogens with two attached hydrogens (primary N) is 1. The molecule has 2 saturated heterocycles. The van der Waals surface area contributed by atoms with Crippen LogP contribution in [0.1, 0.15) is 32.3 Å². The molecule has 7 nitrogen and oxygen atoms in total. The molecule has 1 amide bonds. The van der Waals surface area contributed by atoms with E-state index in [4.69, 9.17) is 15.2 Å². The summed E-state index contributed by atoms with van der Waals surface area (Å²) in [5.74, 6) is 0.499. The molecule has 0 radical (unpaired) electrons. The molecule has 0 saturated carbocycles. The van der Waals surface area contributed by atoms with E-state index in [2.05, 4.69) is 35.9 Å². The topological polar surface area (TPSA) is 73.0 Å². The van der Waals surface area contributed by atoms with Gasteiger partial charge < -0.3 is 19.8 Å². The number of hydrogen-bond acceptors (Lipinski definition) is 5. The maximum atomic E-state index is 11.5. The van der Waals surface area contributed by atoms with Crippen molar-refractivity contribution in [1.82, 2.24) is 14.4 Å². The zero-order valence-corrected chi connectivity index (χ0v) is 18.3. The standard InChI is InChI=1S/C23H34N4O3/c1-16-11-26(12-17(2)30-16)19-6-8-25(9-7-19)13-18-14-27(15-23(24)28)22-5-4-20(29-3)10-21(18)22/h4-5,10,14,16-17,19H,6-9,11-13,15H2,1-3H3,(H2,24,28). The van der Waals surface area contributed by atoms with E-state index in [0.29, 0.717) is 18.2 Å². The molecule has 2 fully saturated rings. The summed E-state index contributed by atoms with van der Waals surface area (Å²) in [6.07, 6.45) is 5.08. The smallest absolute Gasteiger partial charge is 0.237 e. The summed E-state index contributed by atoms with van der Waals surface area (Å²) in [5, 5.41) is 1.13. The normalized spacial score (nSPS) is 24.4. The number of fused-ring (bicyclic) bond motifs is 1. The molecule has 2 aromatic rings. The van der Waals surface area contributed by atoms with E-state index >= 15 is 0 Å². The van der Waals surface area contributed by atoms with Crippen molar-refractivity contribution in [1.29, 1.82) is 0 Å². The molecular weight excluding hydrogens is 380 g/mol. The largest absolute Gasteiger partial charge is 0.497 e. The van der Waals surface area contributed by atoms with E-state index in [9.17, 15) is 4.79 Å². The lowest BCUT2D eigenvalue weighted by Crippen LogP contribution is -2.53. The molecule has 0 aliphatic carbocycles. The minimum atomic E-state index is -0.330. The second kappa shape index (κ2) is 8.96. The fourth-order valence-electron chi connectivity index (χ4n) is 5.10. The van der Waals surface area contributed by atoms with Gasteiger partial charge in [-0.2, -0.15) is 0 Å². The molecule has 30 heavy (non-hydrogen) atoms. The van der Waals surface area contributed by atoms with Crippen molar-refractivity contribution < 1.29 is 14.3 Å². The highest BCUT2D eigenvalue weighted by molar-refractivity contribution is 5.87. The van der Waals surface area contributed by atoms with E-state index in [1.807, 2.05) is 16.7 Å². The Morgan fingerprint density at radius 1 is 1.20 bits per heavy atom. The van der Waals surface area contributed by atoms with Crippen molar-refractivity contribution in [3.05, 3.63) is 30.0 Å². The second-order valence-electron chi connectivity index (χ2n) is 8.85. The van der Waals surface area contributed by atoms with E-state index in [1.54, 1.807) is 7.11 Å². The number of benzene rings is 1. The van der Waals surface area contributed by atoms with Crippen LogP contribution in [-0.4, -0.2) is 71.8 Å². The van der Waals surface area contributed by atoms with Gasteiger partial charge in [-0.25, -0.2) is 0 Å². The first-order chi connectivity index (χ1) is 14.4. The van der Waals surface area contributed by atoms with Crippen molar-refractivity contribution in [3.8, 4) is 5.75 Å². The van der Waals surface area contributed by atoms with Gasteiger partial charge in [-0.3, -0.25) is 14.6 Å². The van der Waals surface area contributed by atoms with Crippen molar-refractivity contribution >= 4 is 16.8 Å². The minimum Gasteiger partial charge on any atom is -0.497 e. The number of hydrogen-bond donors (Lipinski definition) is 1. The molecule has 1 aromatic heterocycles. The number of likely N-dealkylation sites (tertiary alicyclic amines) is 1. The maximum Gasteiger partial charge on any atom is 0.237 e. The van der Waals surface area contributed by atoms with Crippen LogP contribution in [0.2, 0.25) is 0 Å². The van der Waals surface area contributed by atoms with E-state index in [1.165, 1.54) is 18.4 Å². The highest BCUT2D eigenvalue weighted by Crippen LogP contribution is 2.29. The van der Waals surface area contributed by atoms with Gasteiger partial charge in [0.15, 0.2) is 0 Å². The van der Waals surface area contributed by atoms with Crippen molar-refractivity contribution in [2.45, 2.75) is 58.0 Å². The summed E-state index contributed by atoms with van der Waals surface area (Å²) in [6.45, 7) is 9.65. The molecular formula is C23H34N4O3. The molecule has 2 N–H and O–H groups in total. The summed E-state index contributed by atoms with van der Waals surface area (Å²) < 4.78 is 13.3. The number of carbonyl (C=O) groups excluding carboxylic acids is 1. The zero-order valence-electron chi connectivity index (χ0n) is 18.3. The summed E-state index contributed by atoms with van der Waals surface area (Å²) in [5.41, 5.74) is 7.71. The Balaban J connectivity index is 1.45. The molecule has 1 aromatic carbocycles. The number of carbonyl (C=O) groups is 1. The Kier molecular flexibility index (Phi) is 6.32. The lowest BCUT2D eigenvalue weighted by Gasteiger charge is -2.43. The Hall–Kier alpha value is -2.09. The van der Waals surface area contributed by atoms with Crippen LogP contribution in [0.15, 0.2) is 24.4 Å². The molecule has 2 atom stereocenters. The van der Waals surface area contributed by atoms with E-state index in [-0.39, 0.29) is 12.5 Å². The SMILES string of the molecule is COc1ccc2c(c1)c(CN1CCC(N3CC(C)OC(C)C3)CC1)cn2CC(N)=O. The van der Waals surface area contributed by atoms with Gasteiger partial charge in [0.2, 0.25) is 5.91 Å². The molecule has 0 spiro atoms. The van der Waals surface area contributed by atoms with Crippen LogP contribution in [0.25, 0.3) is 10.9 Å². The van der Waals surface area contributed by atoms with Gasteiger partial charge in [-0.1, -0.05) is 0 Å². The average molecular weight is 415 g/mol. The molecule has 3 heterocycles. The zero-order chi connectivity index (χ0) is 21.3. The maximum absolute atomic E-state index is 11.5. The monoisotopic (exact) mass is 414 g/mol. The fourth-order valence-corrected chi connectivity index (χ4v) is 5.10. The summed E-state index contributed by atoms with van der Waals surface area (Å²) in [7, 11) is 1.68. The third-order valence-corrected chi connectivity index (χ3v) is 6.41. The Labute approximate surface area is 178 Å². The van der Waals surface area contributed by atoms with Crippen molar-refractivity contribution in [2.24, 2.45) is 5.73 Å². The van der Waals surface area contributed by atoms with Crippen molar-refractivity contribution in [3.63, 3.8) is 0 Å². The molecule has 0 bridgehead atoms. The minimum absolute atomic E-state index is 0.193. The van der Waals surface area contributed by atoms with Gasteiger partial charge in [0.1, 0.15) is 12.3 Å². The van der Waals surface area contributed by atoms with Gasteiger partial charge >= 0.3 is 0 Å². The first kappa shape index (κ1) is 21.2. The average Bonchev–Trinajstić information content (AvgIpc) is 3.03. The Bertz CT molecular complexity index is 878. The number of aromatic nitrogens is 1. The summed E-state index contributed by atoms with van der Waals surface area (Å²) in [4.78, 5) is 16.7. The van der Waals surface area contributed by atoms with Crippen molar-refractivity contribution in [2.75, 3.05) is 33.3 Å². The summed E-state index contributed by atoms with van der Waals surface area (Å²) in [6, 6.07) is 6.64. The third kappa shape index (κ3) is 4.63. The number of piperidine rings is 1. The molecule has 164 valence electrons. The number of rotatable bonds is 6. The lowest BCUT2D eigenvalue weighted by molar-refractivity contribution is -0.118. The van der Waals surface area contributed by atoms with Gasteiger partial charge in [0.25, 0.3) is 0 Å². The summed E-state index contributed by atoms with van der Waals surface area (Å²) >= 11 is 0. The van der Waals surface area contributed by atoms with Crippen LogP contribution < -0.4 is 10.5 Å². The van der Waals surface area contributed by atoms with Crippen LogP contribution in [-0.2, 0) is 22.6 Å². The van der Waals surface area contributed by atoms with Crippen LogP contribution >= 0.6 is 0 Å². The highest BCUT2D eigenvalue weighted by Gasteiger charge is 2.30. The molecule has 2 unspecified atom stereocenters. The first-order valence-corrected chi connectivity index (χ1v) is 11.0. The van der Waals surface area contributed by atoms with Crippen LogP contribution in [0, 0.1) is 0 Å². The van der Waals surface area contributed by atoms with Gasteiger partial charge in [0.05, 0.1) is 19.3 Å². The Morgan fingerprint density at radius 3 is 2.53 bits per heavy atom. The number of methoxy groups -OCH3 is 1. The third-order valence-electron chi connectivity index (χ3n) is 6.41. The first-order valence-electron chi connectivity index (χ1n) is 11.0. The second-order valence-corrected chi connectivity index (χ2v) is 8.85. The number of primary amides is 1. The number of ether oxygens (including phenoxy) is 2. The van der Waals surface area contributed by atoms with E-state index < -0.39 is 0 Å². The number of morpholine rings is 1. The predicted molar refractivity (Wildman–Crippen MR) is 118 cm³/mol. The molecule has 7 heteroatoms. The van der Waals surface area contributed by atoms with Gasteiger partial charge in [-0.05, 0) is 63.5 Å². The lowest BCUT2D eigenvalue weighted by atomic mass is 10.0. The predicted octanol–water partition coefficient (Wildman–Crippen LogP) is 2.21. The van der Waals surface area contributed by atoms with Crippen LogP contribution in [0.4, 0.5) is 0 Å². The molecule has 2 aliphatic heterocycles. The Morgan fingerprint density at radius 2 is 1.90 bits per heavy atom. The molecule has 4 rings (SSSR count). The van der Waals surface area contributed by atoms with Gasteiger partial charge in [-0.15, -0.1) is 0 Å². The van der Waals surface area contributed by atoms with E-state index in [0.717, 1.165) is 49.4 Å². The highest BCUT2D eigenvalue weighted by atomic mass is 16.5.